The second-order valence-corrected chi connectivity index (χ2v) is 3.94. The summed E-state index contributed by atoms with van der Waals surface area (Å²) in [5.41, 5.74) is 2.98. The van der Waals surface area contributed by atoms with Crippen LogP contribution in [0.25, 0.3) is 11.4 Å². The number of nitrogens with one attached hydrogen (secondary N) is 2. The number of nitrogen functional groups attached to an aromatic ring is 1. The van der Waals surface area contributed by atoms with Crippen molar-refractivity contribution in [3.63, 3.8) is 0 Å². The molecule has 2 aromatic rings. The van der Waals surface area contributed by atoms with Gasteiger partial charge in [0.05, 0.1) is 0 Å². The van der Waals surface area contributed by atoms with Gasteiger partial charge >= 0.3 is 6.18 Å². The molecular formula is C12H12F3N5. The van der Waals surface area contributed by atoms with E-state index in [1.165, 1.54) is 6.07 Å². The highest BCUT2D eigenvalue weighted by molar-refractivity contribution is 5.60. The highest BCUT2D eigenvalue weighted by atomic mass is 19.4. The van der Waals surface area contributed by atoms with Gasteiger partial charge in [-0.25, -0.2) is 15.8 Å². The molecule has 1 aromatic carbocycles. The first kappa shape index (κ1) is 14.1. The average molecular weight is 283 g/mol. The fourth-order valence-corrected chi connectivity index (χ4v) is 1.52. The molecule has 20 heavy (non-hydrogen) atoms. The smallest absolute Gasteiger partial charge is 0.361 e. The van der Waals surface area contributed by atoms with Crippen LogP contribution in [0, 0.1) is 0 Å². The summed E-state index contributed by atoms with van der Waals surface area (Å²) < 4.78 is 36.6. The van der Waals surface area contributed by atoms with Crippen molar-refractivity contribution in [1.29, 1.82) is 0 Å². The van der Waals surface area contributed by atoms with Gasteiger partial charge in [0, 0.05) is 11.6 Å². The SMILES string of the molecule is NNc1cc(NCC(F)(F)F)nc(-c2ccccc2)n1. The Balaban J connectivity index is 2.30. The van der Waals surface area contributed by atoms with Crippen molar-refractivity contribution in [2.75, 3.05) is 17.3 Å². The molecule has 2 rings (SSSR count). The van der Waals surface area contributed by atoms with E-state index in [-0.39, 0.29) is 17.5 Å². The minimum atomic E-state index is -4.33. The molecule has 0 bridgehead atoms. The van der Waals surface area contributed by atoms with Crippen LogP contribution >= 0.6 is 0 Å². The second kappa shape index (κ2) is 5.74. The highest BCUT2D eigenvalue weighted by Gasteiger charge is 2.27. The summed E-state index contributed by atoms with van der Waals surface area (Å²) in [6.45, 7) is -1.18. The molecule has 1 aromatic heterocycles. The van der Waals surface area contributed by atoms with Crippen LogP contribution in [0.2, 0.25) is 0 Å². The fraction of sp³-hybridized carbons (Fsp3) is 0.167. The van der Waals surface area contributed by atoms with E-state index in [0.717, 1.165) is 0 Å². The highest BCUT2D eigenvalue weighted by Crippen LogP contribution is 2.21. The standard InChI is InChI=1S/C12H12F3N5/c13-12(14,15)7-17-9-6-10(20-16)19-11(18-9)8-4-2-1-3-5-8/h1-6H,7,16H2,(H2,17,18,19,20). The number of hydrogen-bond acceptors (Lipinski definition) is 5. The minimum Gasteiger partial charge on any atom is -0.361 e. The van der Waals surface area contributed by atoms with Crippen LogP contribution in [0.5, 0.6) is 0 Å². The van der Waals surface area contributed by atoms with Crippen molar-refractivity contribution in [2.24, 2.45) is 5.84 Å². The molecule has 0 saturated carbocycles. The van der Waals surface area contributed by atoms with E-state index in [2.05, 4.69) is 20.7 Å². The van der Waals surface area contributed by atoms with Gasteiger partial charge in [-0.3, -0.25) is 0 Å². The van der Waals surface area contributed by atoms with Gasteiger partial charge < -0.3 is 10.7 Å². The van der Waals surface area contributed by atoms with E-state index in [0.29, 0.717) is 5.56 Å². The minimum absolute atomic E-state index is 0.0455. The zero-order valence-corrected chi connectivity index (χ0v) is 10.3. The Kier molecular flexibility index (Phi) is 4.04. The lowest BCUT2D eigenvalue weighted by molar-refractivity contribution is -0.115. The van der Waals surface area contributed by atoms with Crippen LogP contribution in [0.1, 0.15) is 0 Å². The Labute approximate surface area is 113 Å². The Morgan fingerprint density at radius 1 is 1.05 bits per heavy atom. The number of alkyl halides is 3. The fourth-order valence-electron chi connectivity index (χ4n) is 1.52. The molecule has 0 aliphatic heterocycles. The molecule has 0 unspecified atom stereocenters. The summed E-state index contributed by atoms with van der Waals surface area (Å²) in [5, 5.41) is 2.20. The molecule has 0 fully saturated rings. The van der Waals surface area contributed by atoms with Crippen LogP contribution in [-0.2, 0) is 0 Å². The molecule has 1 heterocycles. The van der Waals surface area contributed by atoms with Crippen molar-refractivity contribution < 1.29 is 13.2 Å². The molecule has 0 aliphatic rings. The maximum atomic E-state index is 12.2. The summed E-state index contributed by atoms with van der Waals surface area (Å²) in [6, 6.07) is 10.2. The van der Waals surface area contributed by atoms with Crippen LogP contribution in [0.4, 0.5) is 24.8 Å². The zero-order chi connectivity index (χ0) is 14.6. The van der Waals surface area contributed by atoms with Crippen molar-refractivity contribution in [3.8, 4) is 11.4 Å². The molecule has 106 valence electrons. The van der Waals surface area contributed by atoms with E-state index in [9.17, 15) is 13.2 Å². The van der Waals surface area contributed by atoms with Gasteiger partial charge in [0.15, 0.2) is 5.82 Å². The normalized spacial score (nSPS) is 11.2. The third kappa shape index (κ3) is 3.82. The first-order chi connectivity index (χ1) is 9.48. The van der Waals surface area contributed by atoms with Gasteiger partial charge in [-0.05, 0) is 0 Å². The Bertz CT molecular complexity index is 571. The molecule has 0 radical (unpaired) electrons. The molecule has 5 nitrogen and oxygen atoms in total. The number of nitrogens with two attached hydrogens (primary N) is 1. The van der Waals surface area contributed by atoms with E-state index < -0.39 is 12.7 Å². The number of rotatable bonds is 4. The van der Waals surface area contributed by atoms with Crippen LogP contribution in [0.15, 0.2) is 36.4 Å². The number of halogens is 3. The summed E-state index contributed by atoms with van der Waals surface area (Å²) in [4.78, 5) is 8.13. The van der Waals surface area contributed by atoms with Gasteiger partial charge in [-0.1, -0.05) is 30.3 Å². The van der Waals surface area contributed by atoms with E-state index in [1.54, 1.807) is 24.3 Å². The molecule has 0 amide bonds. The lowest BCUT2D eigenvalue weighted by Crippen LogP contribution is -2.22. The molecule has 8 heteroatoms. The third-order valence-electron chi connectivity index (χ3n) is 2.38. The molecule has 0 spiro atoms. The van der Waals surface area contributed by atoms with Gasteiger partial charge in [0.25, 0.3) is 0 Å². The molecule has 4 N–H and O–H groups in total. The molecule has 0 atom stereocenters. The number of hydrazine groups is 1. The monoisotopic (exact) mass is 283 g/mol. The number of nitrogens with zero attached hydrogens (tertiary/aromatic N) is 2. The predicted molar refractivity (Wildman–Crippen MR) is 69.8 cm³/mol. The summed E-state index contributed by atoms with van der Waals surface area (Å²) in [5.74, 6) is 5.81. The van der Waals surface area contributed by atoms with E-state index >= 15 is 0 Å². The first-order valence-corrected chi connectivity index (χ1v) is 5.70. The average Bonchev–Trinajstić information content (AvgIpc) is 2.45. The topological polar surface area (TPSA) is 75.9 Å². The Hall–Kier alpha value is -2.35. The van der Waals surface area contributed by atoms with E-state index in [1.807, 2.05) is 6.07 Å². The van der Waals surface area contributed by atoms with Crippen LogP contribution in [0.3, 0.4) is 0 Å². The van der Waals surface area contributed by atoms with Gasteiger partial charge in [0.1, 0.15) is 18.2 Å². The number of anilines is 2. The second-order valence-electron chi connectivity index (χ2n) is 3.94. The van der Waals surface area contributed by atoms with Crippen molar-refractivity contribution in [3.05, 3.63) is 36.4 Å². The lowest BCUT2D eigenvalue weighted by atomic mass is 10.2. The largest absolute Gasteiger partial charge is 0.405 e. The summed E-state index contributed by atoms with van der Waals surface area (Å²) in [6.07, 6.45) is -4.33. The maximum absolute atomic E-state index is 12.2. The van der Waals surface area contributed by atoms with Gasteiger partial charge in [0.2, 0.25) is 0 Å². The Morgan fingerprint density at radius 3 is 2.30 bits per heavy atom. The maximum Gasteiger partial charge on any atom is 0.405 e. The number of aromatic nitrogens is 2. The molecular weight excluding hydrogens is 271 g/mol. The van der Waals surface area contributed by atoms with E-state index in [4.69, 9.17) is 5.84 Å². The van der Waals surface area contributed by atoms with Crippen molar-refractivity contribution >= 4 is 11.6 Å². The van der Waals surface area contributed by atoms with Crippen molar-refractivity contribution in [2.45, 2.75) is 6.18 Å². The number of benzene rings is 1. The quantitative estimate of drug-likeness (QED) is 0.593. The molecule has 0 aliphatic carbocycles. The van der Waals surface area contributed by atoms with Gasteiger partial charge in [-0.2, -0.15) is 13.2 Å². The van der Waals surface area contributed by atoms with Crippen LogP contribution in [-0.4, -0.2) is 22.7 Å². The first-order valence-electron chi connectivity index (χ1n) is 5.70. The number of hydrogen-bond donors (Lipinski definition) is 3. The third-order valence-corrected chi connectivity index (χ3v) is 2.38. The summed E-state index contributed by atoms with van der Waals surface area (Å²) >= 11 is 0. The Morgan fingerprint density at radius 2 is 1.70 bits per heavy atom. The zero-order valence-electron chi connectivity index (χ0n) is 10.3. The van der Waals surface area contributed by atoms with Gasteiger partial charge in [-0.15, -0.1) is 0 Å². The summed E-state index contributed by atoms with van der Waals surface area (Å²) in [7, 11) is 0. The van der Waals surface area contributed by atoms with Crippen molar-refractivity contribution in [1.82, 2.24) is 9.97 Å². The molecule has 0 saturated heterocycles. The van der Waals surface area contributed by atoms with Crippen LogP contribution < -0.4 is 16.6 Å². The lowest BCUT2D eigenvalue weighted by Gasteiger charge is -2.11. The predicted octanol–water partition coefficient (Wildman–Crippen LogP) is 2.40.